The van der Waals surface area contributed by atoms with Crippen LogP contribution in [0.15, 0.2) is 43.0 Å². The Morgan fingerprint density at radius 1 is 1.36 bits per heavy atom. The summed E-state index contributed by atoms with van der Waals surface area (Å²) < 4.78 is 11.1. The highest BCUT2D eigenvalue weighted by atomic mass is 16.5. The Morgan fingerprint density at radius 2 is 2.05 bits per heavy atom. The summed E-state index contributed by atoms with van der Waals surface area (Å²) in [7, 11) is 0. The van der Waals surface area contributed by atoms with E-state index in [0.717, 1.165) is 5.56 Å². The lowest BCUT2D eigenvalue weighted by Crippen LogP contribution is -2.45. The zero-order chi connectivity index (χ0) is 15.8. The van der Waals surface area contributed by atoms with Gasteiger partial charge in [-0.15, -0.1) is 6.58 Å². The molecule has 1 aromatic carbocycles. The highest BCUT2D eigenvalue weighted by Crippen LogP contribution is 2.18. The average molecular weight is 303 g/mol. The van der Waals surface area contributed by atoms with Gasteiger partial charge in [0.25, 0.3) is 0 Å². The van der Waals surface area contributed by atoms with Gasteiger partial charge in [0.2, 0.25) is 5.91 Å². The van der Waals surface area contributed by atoms with E-state index < -0.39 is 0 Å². The fourth-order valence-electron chi connectivity index (χ4n) is 2.56. The molecule has 4 nitrogen and oxygen atoms in total. The Balaban J connectivity index is 1.81. The molecule has 22 heavy (non-hydrogen) atoms. The van der Waals surface area contributed by atoms with Crippen LogP contribution in [-0.4, -0.2) is 43.7 Å². The lowest BCUT2D eigenvalue weighted by molar-refractivity contribution is -0.141. The van der Waals surface area contributed by atoms with Crippen molar-refractivity contribution in [3.63, 3.8) is 0 Å². The van der Waals surface area contributed by atoms with Crippen LogP contribution in [0, 0.1) is 11.8 Å². The normalized spacial score (nSPS) is 17.8. The Morgan fingerprint density at radius 3 is 2.68 bits per heavy atom. The molecule has 1 heterocycles. The maximum atomic E-state index is 12.5. The minimum absolute atomic E-state index is 0.0269. The number of rotatable bonds is 7. The largest absolute Gasteiger partial charge is 0.378 e. The molecule has 0 aromatic heterocycles. The average Bonchev–Trinajstić information content (AvgIpc) is 2.59. The lowest BCUT2D eigenvalue weighted by atomic mass is 9.93. The Kier molecular flexibility index (Phi) is 6.62. The minimum atomic E-state index is -0.119. The van der Waals surface area contributed by atoms with Gasteiger partial charge >= 0.3 is 0 Å². The van der Waals surface area contributed by atoms with Crippen molar-refractivity contribution in [2.24, 2.45) is 11.8 Å². The van der Waals surface area contributed by atoms with Crippen LogP contribution in [0.3, 0.4) is 0 Å². The zero-order valence-corrected chi connectivity index (χ0v) is 13.2. The van der Waals surface area contributed by atoms with Crippen LogP contribution in [-0.2, 0) is 20.9 Å². The smallest absolute Gasteiger partial charge is 0.226 e. The first-order valence-electron chi connectivity index (χ1n) is 7.83. The van der Waals surface area contributed by atoms with E-state index in [9.17, 15) is 4.79 Å². The summed E-state index contributed by atoms with van der Waals surface area (Å²) in [5.41, 5.74) is 1.14. The van der Waals surface area contributed by atoms with Crippen LogP contribution in [0.25, 0.3) is 0 Å². The Labute approximate surface area is 132 Å². The van der Waals surface area contributed by atoms with Crippen LogP contribution in [0.2, 0.25) is 0 Å². The molecule has 0 bridgehead atoms. The first-order valence-corrected chi connectivity index (χ1v) is 7.83. The molecular weight excluding hydrogens is 278 g/mol. The Bertz CT molecular complexity index is 468. The molecule has 1 amide bonds. The number of nitrogens with zero attached hydrogens (tertiary/aromatic N) is 1. The first kappa shape index (κ1) is 16.7. The van der Waals surface area contributed by atoms with Crippen molar-refractivity contribution >= 4 is 5.91 Å². The van der Waals surface area contributed by atoms with Gasteiger partial charge < -0.3 is 14.4 Å². The summed E-state index contributed by atoms with van der Waals surface area (Å²) in [5.74, 6) is 0.0712. The summed E-state index contributed by atoms with van der Waals surface area (Å²) in [6, 6.07) is 10.0. The van der Waals surface area contributed by atoms with Crippen molar-refractivity contribution in [3.8, 4) is 0 Å². The fraction of sp³-hybridized carbons (Fsp3) is 0.500. The van der Waals surface area contributed by atoms with Gasteiger partial charge in [0.05, 0.1) is 26.4 Å². The standard InChI is InChI=1S/C18H25NO3/c1-3-17(14-22-13-16-7-5-4-6-8-16)15(2)18(20)19-9-11-21-12-10-19/h3-8,15,17H,1,9-14H2,2H3/t15-,17+/m0/s1. The molecular formula is C18H25NO3. The molecule has 0 spiro atoms. The number of morpholine rings is 1. The predicted octanol–water partition coefficient (Wildman–Crippen LogP) is 2.50. The molecule has 0 N–H and O–H groups in total. The van der Waals surface area contributed by atoms with E-state index in [1.165, 1.54) is 0 Å². The first-order chi connectivity index (χ1) is 10.7. The second kappa shape index (κ2) is 8.71. The van der Waals surface area contributed by atoms with E-state index >= 15 is 0 Å². The Hall–Kier alpha value is -1.65. The summed E-state index contributed by atoms with van der Waals surface area (Å²) in [6.45, 7) is 9.49. The van der Waals surface area contributed by atoms with Crippen molar-refractivity contribution < 1.29 is 14.3 Å². The van der Waals surface area contributed by atoms with Gasteiger partial charge in [-0.05, 0) is 5.56 Å². The van der Waals surface area contributed by atoms with E-state index in [1.54, 1.807) is 0 Å². The summed E-state index contributed by atoms with van der Waals surface area (Å²) in [5, 5.41) is 0. The van der Waals surface area contributed by atoms with Gasteiger partial charge in [0.15, 0.2) is 0 Å². The van der Waals surface area contributed by atoms with Gasteiger partial charge in [0, 0.05) is 24.9 Å². The zero-order valence-electron chi connectivity index (χ0n) is 13.2. The van der Waals surface area contributed by atoms with Gasteiger partial charge in [-0.1, -0.05) is 43.3 Å². The van der Waals surface area contributed by atoms with Crippen molar-refractivity contribution in [1.82, 2.24) is 4.90 Å². The molecule has 1 aliphatic rings. The van der Waals surface area contributed by atoms with E-state index in [2.05, 4.69) is 6.58 Å². The number of carbonyl (C=O) groups excluding carboxylic acids is 1. The van der Waals surface area contributed by atoms with E-state index in [4.69, 9.17) is 9.47 Å². The summed E-state index contributed by atoms with van der Waals surface area (Å²) >= 11 is 0. The van der Waals surface area contributed by atoms with Gasteiger partial charge in [-0.3, -0.25) is 4.79 Å². The SMILES string of the molecule is C=C[C@H](COCc1ccccc1)[C@H](C)C(=O)N1CCOCC1. The van der Waals surface area contributed by atoms with E-state index in [1.807, 2.05) is 48.2 Å². The minimum Gasteiger partial charge on any atom is -0.378 e. The van der Waals surface area contributed by atoms with Crippen molar-refractivity contribution in [1.29, 1.82) is 0 Å². The second-order valence-corrected chi connectivity index (χ2v) is 5.63. The number of amides is 1. The molecule has 0 aliphatic carbocycles. The monoisotopic (exact) mass is 303 g/mol. The quantitative estimate of drug-likeness (QED) is 0.727. The van der Waals surface area contributed by atoms with Crippen LogP contribution in [0.1, 0.15) is 12.5 Å². The van der Waals surface area contributed by atoms with Crippen LogP contribution < -0.4 is 0 Å². The third-order valence-electron chi connectivity index (χ3n) is 4.08. The third kappa shape index (κ3) is 4.68. The molecule has 4 heteroatoms. The molecule has 2 atom stereocenters. The van der Waals surface area contributed by atoms with E-state index in [0.29, 0.717) is 39.5 Å². The molecule has 0 saturated carbocycles. The lowest BCUT2D eigenvalue weighted by Gasteiger charge is -2.31. The molecule has 1 fully saturated rings. The number of hydrogen-bond donors (Lipinski definition) is 0. The van der Waals surface area contributed by atoms with Crippen molar-refractivity contribution in [2.75, 3.05) is 32.9 Å². The van der Waals surface area contributed by atoms with Crippen molar-refractivity contribution in [3.05, 3.63) is 48.6 Å². The maximum absolute atomic E-state index is 12.5. The molecule has 0 unspecified atom stereocenters. The maximum Gasteiger partial charge on any atom is 0.226 e. The summed E-state index contributed by atoms with van der Waals surface area (Å²) in [6.07, 6.45) is 1.83. The third-order valence-corrected chi connectivity index (χ3v) is 4.08. The topological polar surface area (TPSA) is 38.8 Å². The molecule has 1 aliphatic heterocycles. The fourth-order valence-corrected chi connectivity index (χ4v) is 2.56. The molecule has 120 valence electrons. The van der Waals surface area contributed by atoms with Gasteiger partial charge in [-0.25, -0.2) is 0 Å². The predicted molar refractivity (Wildman–Crippen MR) is 86.3 cm³/mol. The highest BCUT2D eigenvalue weighted by molar-refractivity contribution is 5.79. The number of ether oxygens (including phenoxy) is 2. The number of carbonyl (C=O) groups is 1. The van der Waals surface area contributed by atoms with Crippen LogP contribution in [0.4, 0.5) is 0 Å². The van der Waals surface area contributed by atoms with Crippen LogP contribution >= 0.6 is 0 Å². The molecule has 2 rings (SSSR count). The van der Waals surface area contributed by atoms with Gasteiger partial charge in [-0.2, -0.15) is 0 Å². The number of benzene rings is 1. The summed E-state index contributed by atoms with van der Waals surface area (Å²) in [4.78, 5) is 14.4. The molecule has 1 aromatic rings. The van der Waals surface area contributed by atoms with Gasteiger partial charge in [0.1, 0.15) is 0 Å². The molecule has 0 radical (unpaired) electrons. The number of hydrogen-bond acceptors (Lipinski definition) is 3. The van der Waals surface area contributed by atoms with Crippen LogP contribution in [0.5, 0.6) is 0 Å². The molecule has 1 saturated heterocycles. The van der Waals surface area contributed by atoms with E-state index in [-0.39, 0.29) is 17.7 Å². The van der Waals surface area contributed by atoms with Crippen molar-refractivity contribution in [2.45, 2.75) is 13.5 Å². The highest BCUT2D eigenvalue weighted by Gasteiger charge is 2.27. The second-order valence-electron chi connectivity index (χ2n) is 5.63.